The number of tetrazole rings is 1. The first-order chi connectivity index (χ1) is 9.93. The van der Waals surface area contributed by atoms with Crippen molar-refractivity contribution in [2.75, 3.05) is 0 Å². The molecule has 1 aromatic heterocycles. The molecule has 1 saturated carbocycles. The van der Waals surface area contributed by atoms with Crippen LogP contribution in [0.1, 0.15) is 12.8 Å². The van der Waals surface area contributed by atoms with E-state index in [0.717, 1.165) is 0 Å². The van der Waals surface area contributed by atoms with Gasteiger partial charge in [-0.25, -0.2) is 13.1 Å². The van der Waals surface area contributed by atoms with Gasteiger partial charge in [-0.3, -0.25) is 4.79 Å². The molecule has 9 nitrogen and oxygen atoms in total. The number of nitrogens with one attached hydrogen (secondary N) is 1. The second-order valence-electron chi connectivity index (χ2n) is 4.74. The second kappa shape index (κ2) is 4.60. The predicted molar refractivity (Wildman–Crippen MR) is 69.1 cm³/mol. The Morgan fingerprint density at radius 3 is 2.43 bits per heavy atom. The third kappa shape index (κ3) is 2.50. The minimum absolute atomic E-state index is 0.00755. The molecule has 1 aliphatic carbocycles. The van der Waals surface area contributed by atoms with Crippen LogP contribution in [-0.2, 0) is 14.8 Å². The summed E-state index contributed by atoms with van der Waals surface area (Å²) < 4.78 is 28.0. The molecule has 1 heterocycles. The fourth-order valence-electron chi connectivity index (χ4n) is 1.86. The normalized spacial score (nSPS) is 16.6. The lowest BCUT2D eigenvalue weighted by molar-refractivity contribution is -0.140. The van der Waals surface area contributed by atoms with Gasteiger partial charge in [0.1, 0.15) is 11.9 Å². The van der Waals surface area contributed by atoms with E-state index in [1.165, 1.54) is 35.3 Å². The average Bonchev–Trinajstić information content (AvgIpc) is 3.03. The summed E-state index contributed by atoms with van der Waals surface area (Å²) in [6, 6.07) is 5.81. The van der Waals surface area contributed by atoms with Crippen LogP contribution in [0.15, 0.2) is 35.5 Å². The SMILES string of the molecule is O=C(O)C1(NS(=O)(=O)c2ccc(-n3cnnn3)cc2)CC1. The van der Waals surface area contributed by atoms with E-state index in [-0.39, 0.29) is 4.90 Å². The number of aromatic nitrogens is 4. The highest BCUT2D eigenvalue weighted by atomic mass is 32.2. The van der Waals surface area contributed by atoms with Crippen molar-refractivity contribution in [2.45, 2.75) is 23.3 Å². The minimum atomic E-state index is -3.88. The monoisotopic (exact) mass is 309 g/mol. The zero-order valence-corrected chi connectivity index (χ0v) is 11.5. The molecule has 0 atom stereocenters. The van der Waals surface area contributed by atoms with Gasteiger partial charge in [-0.05, 0) is 47.5 Å². The Bertz CT molecular complexity index is 765. The zero-order valence-electron chi connectivity index (χ0n) is 10.7. The molecule has 0 radical (unpaired) electrons. The van der Waals surface area contributed by atoms with E-state index in [0.29, 0.717) is 18.5 Å². The lowest BCUT2D eigenvalue weighted by Gasteiger charge is -2.13. The molecule has 110 valence electrons. The number of carbonyl (C=O) groups is 1. The van der Waals surface area contributed by atoms with Crippen molar-refractivity contribution >= 4 is 16.0 Å². The van der Waals surface area contributed by atoms with Crippen LogP contribution < -0.4 is 4.72 Å². The summed E-state index contributed by atoms with van der Waals surface area (Å²) in [6.45, 7) is 0. The first-order valence-corrected chi connectivity index (χ1v) is 7.52. The first kappa shape index (κ1) is 13.6. The average molecular weight is 309 g/mol. The molecule has 21 heavy (non-hydrogen) atoms. The van der Waals surface area contributed by atoms with Gasteiger partial charge < -0.3 is 5.11 Å². The van der Waals surface area contributed by atoms with Crippen LogP contribution in [0.25, 0.3) is 5.69 Å². The van der Waals surface area contributed by atoms with Gasteiger partial charge >= 0.3 is 5.97 Å². The number of rotatable bonds is 5. The van der Waals surface area contributed by atoms with E-state index >= 15 is 0 Å². The van der Waals surface area contributed by atoms with E-state index in [1.807, 2.05) is 0 Å². The van der Waals surface area contributed by atoms with Gasteiger partial charge in [0, 0.05) is 0 Å². The molecule has 1 fully saturated rings. The van der Waals surface area contributed by atoms with E-state index in [2.05, 4.69) is 20.2 Å². The van der Waals surface area contributed by atoms with Gasteiger partial charge in [0.25, 0.3) is 0 Å². The molecule has 0 amide bonds. The lowest BCUT2D eigenvalue weighted by atomic mass is 10.3. The third-order valence-electron chi connectivity index (χ3n) is 3.25. The van der Waals surface area contributed by atoms with Crippen LogP contribution in [-0.4, -0.2) is 45.2 Å². The molecular weight excluding hydrogens is 298 g/mol. The molecule has 0 aliphatic heterocycles. The van der Waals surface area contributed by atoms with E-state index in [4.69, 9.17) is 5.11 Å². The maximum atomic E-state index is 12.2. The number of aliphatic carboxylic acids is 1. The smallest absolute Gasteiger partial charge is 0.324 e. The van der Waals surface area contributed by atoms with Crippen molar-refractivity contribution in [3.63, 3.8) is 0 Å². The molecule has 10 heteroatoms. The predicted octanol–water partition coefficient (Wildman–Crippen LogP) is -0.442. The number of hydrogen-bond donors (Lipinski definition) is 2. The quantitative estimate of drug-likeness (QED) is 0.766. The standard InChI is InChI=1S/C11H11N5O4S/c17-10(18)11(5-6-11)13-21(19,20)9-3-1-8(2-4-9)16-7-12-14-15-16/h1-4,7,13H,5-6H2,(H,17,18). The summed E-state index contributed by atoms with van der Waals surface area (Å²) >= 11 is 0. The Morgan fingerprint density at radius 2 is 1.95 bits per heavy atom. The van der Waals surface area contributed by atoms with Gasteiger partial charge in [-0.15, -0.1) is 5.10 Å². The summed E-state index contributed by atoms with van der Waals surface area (Å²) in [4.78, 5) is 11.0. The van der Waals surface area contributed by atoms with Crippen molar-refractivity contribution in [1.82, 2.24) is 24.9 Å². The van der Waals surface area contributed by atoms with E-state index in [9.17, 15) is 13.2 Å². The van der Waals surface area contributed by atoms with Crippen LogP contribution in [0.3, 0.4) is 0 Å². The molecule has 3 rings (SSSR count). The molecule has 0 unspecified atom stereocenters. The first-order valence-electron chi connectivity index (χ1n) is 6.04. The van der Waals surface area contributed by atoms with E-state index < -0.39 is 21.5 Å². The molecular formula is C11H11N5O4S. The molecule has 2 N–H and O–H groups in total. The van der Waals surface area contributed by atoms with Crippen molar-refractivity contribution in [1.29, 1.82) is 0 Å². The highest BCUT2D eigenvalue weighted by Gasteiger charge is 2.53. The number of nitrogens with zero attached hydrogens (tertiary/aromatic N) is 4. The summed E-state index contributed by atoms with van der Waals surface area (Å²) in [7, 11) is -3.88. The highest BCUT2D eigenvalue weighted by Crippen LogP contribution is 2.37. The molecule has 1 aromatic carbocycles. The summed E-state index contributed by atoms with van der Waals surface area (Å²) in [6.07, 6.45) is 1.97. The summed E-state index contributed by atoms with van der Waals surface area (Å²) in [5.74, 6) is -1.16. The Labute approximate surface area is 119 Å². The number of sulfonamides is 1. The van der Waals surface area contributed by atoms with Crippen LogP contribution >= 0.6 is 0 Å². The van der Waals surface area contributed by atoms with Crippen molar-refractivity contribution in [3.05, 3.63) is 30.6 Å². The fraction of sp³-hybridized carbons (Fsp3) is 0.273. The van der Waals surface area contributed by atoms with E-state index in [1.54, 1.807) is 0 Å². The molecule has 0 spiro atoms. The van der Waals surface area contributed by atoms with Gasteiger partial charge in [0.2, 0.25) is 10.0 Å². The van der Waals surface area contributed by atoms with Gasteiger partial charge in [0.05, 0.1) is 10.6 Å². The molecule has 0 saturated heterocycles. The van der Waals surface area contributed by atoms with Gasteiger partial charge in [-0.2, -0.15) is 4.72 Å². The lowest BCUT2D eigenvalue weighted by Crippen LogP contribution is -2.42. The number of hydrogen-bond acceptors (Lipinski definition) is 6. The second-order valence-corrected chi connectivity index (χ2v) is 6.42. The van der Waals surface area contributed by atoms with Crippen LogP contribution in [0.5, 0.6) is 0 Å². The Kier molecular flexibility index (Phi) is 2.99. The topological polar surface area (TPSA) is 127 Å². The third-order valence-corrected chi connectivity index (χ3v) is 4.80. The van der Waals surface area contributed by atoms with Gasteiger partial charge in [0.15, 0.2) is 0 Å². The summed E-state index contributed by atoms with van der Waals surface area (Å²) in [5.41, 5.74) is -0.758. The molecule has 1 aliphatic rings. The minimum Gasteiger partial charge on any atom is -0.480 e. The largest absolute Gasteiger partial charge is 0.480 e. The Hall–Kier alpha value is -2.33. The number of carboxylic acid groups (broad SMARTS) is 1. The van der Waals surface area contributed by atoms with Gasteiger partial charge in [-0.1, -0.05) is 0 Å². The van der Waals surface area contributed by atoms with Crippen molar-refractivity contribution < 1.29 is 18.3 Å². The number of benzene rings is 1. The summed E-state index contributed by atoms with van der Waals surface area (Å²) in [5, 5.41) is 19.7. The van der Waals surface area contributed by atoms with Crippen LogP contribution in [0.4, 0.5) is 0 Å². The Balaban J connectivity index is 1.85. The maximum Gasteiger partial charge on any atom is 0.324 e. The number of carboxylic acids is 1. The maximum absolute atomic E-state index is 12.2. The van der Waals surface area contributed by atoms with Crippen molar-refractivity contribution in [2.24, 2.45) is 0 Å². The highest BCUT2D eigenvalue weighted by molar-refractivity contribution is 7.89. The van der Waals surface area contributed by atoms with Crippen LogP contribution in [0, 0.1) is 0 Å². The molecule has 0 bridgehead atoms. The Morgan fingerprint density at radius 1 is 1.29 bits per heavy atom. The molecule has 2 aromatic rings. The van der Waals surface area contributed by atoms with Crippen LogP contribution in [0.2, 0.25) is 0 Å². The van der Waals surface area contributed by atoms with Crippen molar-refractivity contribution in [3.8, 4) is 5.69 Å². The zero-order chi connectivity index (χ0) is 15.1. The fourth-order valence-corrected chi connectivity index (χ4v) is 3.28.